The van der Waals surface area contributed by atoms with Crippen molar-refractivity contribution in [2.45, 2.75) is 25.2 Å². The van der Waals surface area contributed by atoms with Crippen molar-refractivity contribution in [3.8, 4) is 11.5 Å². The number of cyclic esters (lactones) is 1. The van der Waals surface area contributed by atoms with Crippen molar-refractivity contribution in [2.75, 3.05) is 20.8 Å². The lowest BCUT2D eigenvalue weighted by atomic mass is 9.91. The molecular weight excluding hydrogens is 334 g/mol. The molecule has 2 atom stereocenters. The number of ether oxygens (including phenoxy) is 3. The zero-order valence-electron chi connectivity index (χ0n) is 15.1. The summed E-state index contributed by atoms with van der Waals surface area (Å²) in [7, 11) is 3.16. The second-order valence-corrected chi connectivity index (χ2v) is 6.14. The lowest BCUT2D eigenvalue weighted by molar-refractivity contribution is -0.109. The fourth-order valence-corrected chi connectivity index (χ4v) is 3.24. The van der Waals surface area contributed by atoms with Gasteiger partial charge in [0.05, 0.1) is 14.2 Å². The fraction of sp³-hybridized carbons (Fsp3) is 0.350. The van der Waals surface area contributed by atoms with Crippen molar-refractivity contribution in [3.63, 3.8) is 0 Å². The first-order valence-electron chi connectivity index (χ1n) is 8.53. The lowest BCUT2D eigenvalue weighted by Gasteiger charge is -2.34. The van der Waals surface area contributed by atoms with Crippen LogP contribution in [-0.4, -0.2) is 36.9 Å². The highest BCUT2D eigenvalue weighted by molar-refractivity contribution is 5.72. The van der Waals surface area contributed by atoms with Crippen molar-refractivity contribution in [2.24, 2.45) is 0 Å². The van der Waals surface area contributed by atoms with E-state index in [4.69, 9.17) is 14.2 Å². The monoisotopic (exact) mass is 357 g/mol. The van der Waals surface area contributed by atoms with Gasteiger partial charge in [-0.15, -0.1) is 0 Å². The summed E-state index contributed by atoms with van der Waals surface area (Å²) in [6, 6.07) is 14.2. The summed E-state index contributed by atoms with van der Waals surface area (Å²) in [6.07, 6.45) is -0.685. The van der Waals surface area contributed by atoms with Crippen molar-refractivity contribution < 1.29 is 24.1 Å². The van der Waals surface area contributed by atoms with Crippen molar-refractivity contribution in [1.29, 1.82) is 0 Å². The van der Waals surface area contributed by atoms with Gasteiger partial charge in [-0.3, -0.25) is 4.90 Å². The average Bonchev–Trinajstić information content (AvgIpc) is 2.94. The molecule has 1 aliphatic rings. The second kappa shape index (κ2) is 7.25. The average molecular weight is 357 g/mol. The minimum atomic E-state index is -1.60. The number of nitrogens with zero attached hydrogens (tertiary/aromatic N) is 1. The number of aliphatic hydroxyl groups is 1. The number of benzene rings is 2. The van der Waals surface area contributed by atoms with Gasteiger partial charge in [-0.05, 0) is 36.2 Å². The molecule has 2 aromatic carbocycles. The van der Waals surface area contributed by atoms with Crippen LogP contribution in [0.15, 0.2) is 48.5 Å². The summed E-state index contributed by atoms with van der Waals surface area (Å²) in [5, 5.41) is 11.6. The summed E-state index contributed by atoms with van der Waals surface area (Å²) in [5.74, 6) is 1.36. The van der Waals surface area contributed by atoms with Gasteiger partial charge in [-0.1, -0.05) is 31.2 Å². The Bertz CT molecular complexity index is 759. The highest BCUT2D eigenvalue weighted by Gasteiger charge is 2.55. The minimum absolute atomic E-state index is 0.383. The molecule has 26 heavy (non-hydrogen) atoms. The maximum atomic E-state index is 12.5. The van der Waals surface area contributed by atoms with E-state index in [-0.39, 0.29) is 0 Å². The zero-order chi connectivity index (χ0) is 18.7. The van der Waals surface area contributed by atoms with Gasteiger partial charge in [0, 0.05) is 12.1 Å². The SMILES string of the molecule is CCCN1C(=O)O[C@@H](c2ccc(OC)cc2)[C@]1(O)c1ccc(OC)cc1. The van der Waals surface area contributed by atoms with Gasteiger partial charge in [0.25, 0.3) is 0 Å². The summed E-state index contributed by atoms with van der Waals surface area (Å²) in [5.41, 5.74) is -0.344. The Balaban J connectivity index is 2.06. The third-order valence-corrected chi connectivity index (χ3v) is 4.60. The molecule has 3 rings (SSSR count). The Hall–Kier alpha value is -2.73. The van der Waals surface area contributed by atoms with Crippen LogP contribution in [0.25, 0.3) is 0 Å². The molecule has 6 nitrogen and oxygen atoms in total. The van der Waals surface area contributed by atoms with Gasteiger partial charge in [0.1, 0.15) is 11.5 Å². The summed E-state index contributed by atoms with van der Waals surface area (Å²) < 4.78 is 15.9. The van der Waals surface area contributed by atoms with E-state index in [9.17, 15) is 9.90 Å². The van der Waals surface area contributed by atoms with Gasteiger partial charge in [-0.2, -0.15) is 0 Å². The Morgan fingerprint density at radius 1 is 1.04 bits per heavy atom. The molecule has 1 heterocycles. The third kappa shape index (κ3) is 2.97. The van der Waals surface area contributed by atoms with E-state index in [0.717, 1.165) is 0 Å². The molecule has 1 amide bonds. The minimum Gasteiger partial charge on any atom is -0.497 e. The Kier molecular flexibility index (Phi) is 5.04. The van der Waals surface area contributed by atoms with E-state index in [2.05, 4.69) is 0 Å². The molecule has 0 aromatic heterocycles. The van der Waals surface area contributed by atoms with Crippen LogP contribution in [0.1, 0.15) is 30.6 Å². The van der Waals surface area contributed by atoms with Gasteiger partial charge in [0.2, 0.25) is 5.72 Å². The number of rotatable bonds is 6. The number of carbonyl (C=O) groups excluding carboxylic acids is 1. The maximum absolute atomic E-state index is 12.5. The standard InChI is InChI=1S/C20H23NO5/c1-4-13-21-19(22)26-18(14-5-9-16(24-2)10-6-14)20(21,23)15-7-11-17(25-3)12-8-15/h5-12,18,23H,4,13H2,1-3H3/t18-,20+/m0/s1. The van der Waals surface area contributed by atoms with E-state index in [0.29, 0.717) is 35.6 Å². The van der Waals surface area contributed by atoms with Crippen LogP contribution in [0.5, 0.6) is 11.5 Å². The van der Waals surface area contributed by atoms with E-state index >= 15 is 0 Å². The van der Waals surface area contributed by atoms with E-state index in [1.165, 1.54) is 4.90 Å². The number of hydrogen-bond acceptors (Lipinski definition) is 5. The molecule has 1 fully saturated rings. The Morgan fingerprint density at radius 3 is 2.08 bits per heavy atom. The van der Waals surface area contributed by atoms with Crippen molar-refractivity contribution >= 4 is 6.09 Å². The first kappa shape index (κ1) is 18.1. The number of hydrogen-bond donors (Lipinski definition) is 1. The molecule has 0 radical (unpaired) electrons. The summed E-state index contributed by atoms with van der Waals surface area (Å²) in [4.78, 5) is 13.9. The highest BCUT2D eigenvalue weighted by Crippen LogP contribution is 2.47. The lowest BCUT2D eigenvalue weighted by Crippen LogP contribution is -2.46. The second-order valence-electron chi connectivity index (χ2n) is 6.14. The predicted octanol–water partition coefficient (Wildman–Crippen LogP) is 3.45. The third-order valence-electron chi connectivity index (χ3n) is 4.60. The van der Waals surface area contributed by atoms with Crippen LogP contribution in [0, 0.1) is 0 Å². The van der Waals surface area contributed by atoms with Crippen LogP contribution in [0.2, 0.25) is 0 Å². The van der Waals surface area contributed by atoms with E-state index in [1.807, 2.05) is 6.92 Å². The van der Waals surface area contributed by atoms with Crippen LogP contribution in [-0.2, 0) is 10.5 Å². The molecule has 1 N–H and O–H groups in total. The predicted molar refractivity (Wildman–Crippen MR) is 96.1 cm³/mol. The number of methoxy groups -OCH3 is 2. The van der Waals surface area contributed by atoms with E-state index < -0.39 is 17.9 Å². The van der Waals surface area contributed by atoms with Crippen molar-refractivity contribution in [1.82, 2.24) is 4.90 Å². The van der Waals surface area contributed by atoms with Gasteiger partial charge >= 0.3 is 6.09 Å². The topological polar surface area (TPSA) is 68.2 Å². The quantitative estimate of drug-likeness (QED) is 0.858. The van der Waals surface area contributed by atoms with Crippen LogP contribution >= 0.6 is 0 Å². The highest BCUT2D eigenvalue weighted by atomic mass is 16.6. The molecule has 1 saturated heterocycles. The smallest absolute Gasteiger partial charge is 0.413 e. The van der Waals surface area contributed by atoms with Crippen LogP contribution < -0.4 is 9.47 Å². The van der Waals surface area contributed by atoms with Gasteiger partial charge in [-0.25, -0.2) is 4.79 Å². The summed E-state index contributed by atoms with van der Waals surface area (Å²) in [6.45, 7) is 2.33. The zero-order valence-corrected chi connectivity index (χ0v) is 15.1. The van der Waals surface area contributed by atoms with Crippen LogP contribution in [0.3, 0.4) is 0 Å². The van der Waals surface area contributed by atoms with Crippen molar-refractivity contribution in [3.05, 3.63) is 59.7 Å². The number of amides is 1. The molecule has 0 aliphatic carbocycles. The van der Waals surface area contributed by atoms with Crippen LogP contribution in [0.4, 0.5) is 4.79 Å². The molecule has 0 spiro atoms. The fourth-order valence-electron chi connectivity index (χ4n) is 3.24. The first-order valence-corrected chi connectivity index (χ1v) is 8.53. The Labute approximate surface area is 152 Å². The number of carbonyl (C=O) groups is 1. The summed E-state index contributed by atoms with van der Waals surface area (Å²) >= 11 is 0. The molecule has 6 heteroatoms. The molecule has 0 bridgehead atoms. The van der Waals surface area contributed by atoms with Gasteiger partial charge < -0.3 is 19.3 Å². The largest absolute Gasteiger partial charge is 0.497 e. The molecule has 0 unspecified atom stereocenters. The molecule has 2 aromatic rings. The maximum Gasteiger partial charge on any atom is 0.413 e. The molecule has 0 saturated carbocycles. The normalized spacial score (nSPS) is 22.2. The molecule has 1 aliphatic heterocycles. The first-order chi connectivity index (χ1) is 12.5. The van der Waals surface area contributed by atoms with E-state index in [1.54, 1.807) is 62.8 Å². The van der Waals surface area contributed by atoms with Gasteiger partial charge in [0.15, 0.2) is 6.10 Å². The Morgan fingerprint density at radius 2 is 1.58 bits per heavy atom. The molecular formula is C20H23NO5. The molecule has 138 valence electrons.